The van der Waals surface area contributed by atoms with Gasteiger partial charge in [0, 0.05) is 44.8 Å². The fourth-order valence-electron chi connectivity index (χ4n) is 3.44. The lowest BCUT2D eigenvalue weighted by molar-refractivity contribution is -0.131. The van der Waals surface area contributed by atoms with Gasteiger partial charge in [0.1, 0.15) is 11.5 Å². The van der Waals surface area contributed by atoms with E-state index in [-0.39, 0.29) is 12.0 Å². The van der Waals surface area contributed by atoms with Crippen LogP contribution in [0.1, 0.15) is 20.3 Å². The van der Waals surface area contributed by atoms with Gasteiger partial charge in [-0.1, -0.05) is 12.1 Å². The molecule has 0 spiro atoms. The molecule has 1 saturated heterocycles. The number of carbonyl (C=O) groups excluding carboxylic acids is 1. The molecule has 0 radical (unpaired) electrons. The average molecular weight is 398 g/mol. The Morgan fingerprint density at radius 3 is 2.38 bits per heavy atom. The topological polar surface area (TPSA) is 54.0 Å². The van der Waals surface area contributed by atoms with Gasteiger partial charge in [0.2, 0.25) is 5.91 Å². The summed E-state index contributed by atoms with van der Waals surface area (Å²) in [4.78, 5) is 16.9. The van der Waals surface area contributed by atoms with Gasteiger partial charge in [-0.2, -0.15) is 0 Å². The molecule has 0 aliphatic carbocycles. The third-order valence-electron chi connectivity index (χ3n) is 4.97. The smallest absolute Gasteiger partial charge is 0.224 e. The van der Waals surface area contributed by atoms with Crippen LogP contribution in [-0.2, 0) is 4.79 Å². The zero-order valence-electron chi connectivity index (χ0n) is 17.6. The molecule has 1 amide bonds. The average Bonchev–Trinajstić information content (AvgIpc) is 2.74. The van der Waals surface area contributed by atoms with Gasteiger partial charge in [-0.05, 0) is 50.2 Å². The first-order valence-corrected chi connectivity index (χ1v) is 10.2. The summed E-state index contributed by atoms with van der Waals surface area (Å²) in [5.41, 5.74) is 2.10. The van der Waals surface area contributed by atoms with Gasteiger partial charge in [0.25, 0.3) is 0 Å². The van der Waals surface area contributed by atoms with Crippen LogP contribution in [0.2, 0.25) is 0 Å². The molecule has 156 valence electrons. The lowest BCUT2D eigenvalue weighted by Gasteiger charge is -2.36. The molecule has 6 nitrogen and oxygen atoms in total. The largest absolute Gasteiger partial charge is 0.497 e. The number of ether oxygens (including phenoxy) is 2. The number of hydrogen-bond acceptors (Lipinski definition) is 5. The number of nitrogens with zero attached hydrogens (tertiary/aromatic N) is 2. The number of carbonyl (C=O) groups is 1. The van der Waals surface area contributed by atoms with Gasteiger partial charge in [-0.3, -0.25) is 4.79 Å². The molecule has 6 heteroatoms. The van der Waals surface area contributed by atoms with Crippen molar-refractivity contribution in [2.45, 2.75) is 26.4 Å². The normalized spacial score (nSPS) is 14.1. The molecule has 1 aliphatic heterocycles. The van der Waals surface area contributed by atoms with E-state index in [1.54, 1.807) is 7.11 Å². The second-order valence-corrected chi connectivity index (χ2v) is 7.41. The van der Waals surface area contributed by atoms with Crippen molar-refractivity contribution in [1.29, 1.82) is 0 Å². The Hall–Kier alpha value is -2.89. The van der Waals surface area contributed by atoms with Crippen molar-refractivity contribution in [1.82, 2.24) is 4.90 Å². The Kier molecular flexibility index (Phi) is 7.22. The third-order valence-corrected chi connectivity index (χ3v) is 4.97. The summed E-state index contributed by atoms with van der Waals surface area (Å²) in [6, 6.07) is 15.9. The first-order valence-electron chi connectivity index (χ1n) is 10.2. The lowest BCUT2D eigenvalue weighted by atomic mass is 10.2. The molecule has 1 heterocycles. The maximum atomic E-state index is 12.6. The zero-order valence-corrected chi connectivity index (χ0v) is 17.6. The second kappa shape index (κ2) is 10.0. The van der Waals surface area contributed by atoms with Crippen molar-refractivity contribution in [2.75, 3.05) is 50.1 Å². The fourth-order valence-corrected chi connectivity index (χ4v) is 3.44. The molecule has 29 heavy (non-hydrogen) atoms. The van der Waals surface area contributed by atoms with E-state index in [1.807, 2.05) is 55.1 Å². The van der Waals surface area contributed by atoms with Crippen molar-refractivity contribution >= 4 is 17.3 Å². The standard InChI is InChI=1S/C23H31N3O3/c1-18(2)29-22-7-5-4-6-21(22)24-13-12-23(27)26-16-14-25(15-17-26)19-8-10-20(28-3)11-9-19/h4-11,18,24H,12-17H2,1-3H3. The number of para-hydroxylation sites is 2. The fraction of sp³-hybridized carbons (Fsp3) is 0.435. The first-order chi connectivity index (χ1) is 14.1. The zero-order chi connectivity index (χ0) is 20.6. The summed E-state index contributed by atoms with van der Waals surface area (Å²) >= 11 is 0. The number of nitrogens with one attached hydrogen (secondary N) is 1. The summed E-state index contributed by atoms with van der Waals surface area (Å²) in [6.07, 6.45) is 0.583. The third kappa shape index (κ3) is 5.79. The van der Waals surface area contributed by atoms with E-state index >= 15 is 0 Å². The van der Waals surface area contributed by atoms with Gasteiger partial charge in [-0.15, -0.1) is 0 Å². The molecular weight excluding hydrogens is 366 g/mol. The number of amides is 1. The summed E-state index contributed by atoms with van der Waals surface area (Å²) in [5.74, 6) is 1.87. The predicted molar refractivity (Wildman–Crippen MR) is 117 cm³/mol. The van der Waals surface area contributed by atoms with E-state index in [0.29, 0.717) is 13.0 Å². The first kappa shape index (κ1) is 20.8. The number of benzene rings is 2. The van der Waals surface area contributed by atoms with Crippen LogP contribution in [0.25, 0.3) is 0 Å². The quantitative estimate of drug-likeness (QED) is 0.737. The molecule has 0 aromatic heterocycles. The second-order valence-electron chi connectivity index (χ2n) is 7.41. The van der Waals surface area contributed by atoms with Gasteiger partial charge in [0.15, 0.2) is 0 Å². The highest BCUT2D eigenvalue weighted by molar-refractivity contribution is 5.77. The number of piperazine rings is 1. The van der Waals surface area contributed by atoms with Crippen LogP contribution in [0.4, 0.5) is 11.4 Å². The monoisotopic (exact) mass is 397 g/mol. The Labute approximate surface area is 173 Å². The van der Waals surface area contributed by atoms with E-state index in [9.17, 15) is 4.79 Å². The van der Waals surface area contributed by atoms with Gasteiger partial charge in [0.05, 0.1) is 18.9 Å². The number of hydrogen-bond donors (Lipinski definition) is 1. The van der Waals surface area contributed by atoms with Gasteiger partial charge >= 0.3 is 0 Å². The molecule has 3 rings (SSSR count). The summed E-state index contributed by atoms with van der Waals surface area (Å²) in [7, 11) is 1.67. The minimum Gasteiger partial charge on any atom is -0.497 e. The Balaban J connectivity index is 1.44. The molecule has 0 atom stereocenters. The molecular formula is C23H31N3O3. The van der Waals surface area contributed by atoms with Crippen LogP contribution in [0.15, 0.2) is 48.5 Å². The number of anilines is 2. The maximum Gasteiger partial charge on any atom is 0.224 e. The minimum absolute atomic E-state index is 0.113. The van der Waals surface area contributed by atoms with Crippen LogP contribution in [0.5, 0.6) is 11.5 Å². The molecule has 1 N–H and O–H groups in total. The van der Waals surface area contributed by atoms with Crippen LogP contribution < -0.4 is 19.7 Å². The van der Waals surface area contributed by atoms with Crippen LogP contribution in [0.3, 0.4) is 0 Å². The summed E-state index contributed by atoms with van der Waals surface area (Å²) in [5, 5.41) is 3.34. The highest BCUT2D eigenvalue weighted by atomic mass is 16.5. The Morgan fingerprint density at radius 2 is 1.72 bits per heavy atom. The molecule has 0 unspecified atom stereocenters. The van der Waals surface area contributed by atoms with E-state index in [0.717, 1.165) is 43.4 Å². The summed E-state index contributed by atoms with van der Waals surface area (Å²) < 4.78 is 11.0. The molecule has 1 aliphatic rings. The highest BCUT2D eigenvalue weighted by Crippen LogP contribution is 2.25. The van der Waals surface area contributed by atoms with Crippen molar-refractivity contribution in [3.63, 3.8) is 0 Å². The molecule has 2 aromatic carbocycles. The number of rotatable bonds is 8. The summed E-state index contributed by atoms with van der Waals surface area (Å²) in [6.45, 7) is 7.79. The van der Waals surface area contributed by atoms with E-state index < -0.39 is 0 Å². The predicted octanol–water partition coefficient (Wildman–Crippen LogP) is 3.63. The minimum atomic E-state index is 0.113. The van der Waals surface area contributed by atoms with Crippen LogP contribution >= 0.6 is 0 Å². The molecule has 0 saturated carbocycles. The van der Waals surface area contributed by atoms with Crippen molar-refractivity contribution in [3.05, 3.63) is 48.5 Å². The van der Waals surface area contributed by atoms with Crippen molar-refractivity contribution in [2.24, 2.45) is 0 Å². The van der Waals surface area contributed by atoms with Crippen LogP contribution in [0, 0.1) is 0 Å². The Bertz CT molecular complexity index is 784. The van der Waals surface area contributed by atoms with Gasteiger partial charge < -0.3 is 24.6 Å². The lowest BCUT2D eigenvalue weighted by Crippen LogP contribution is -2.49. The maximum absolute atomic E-state index is 12.6. The highest BCUT2D eigenvalue weighted by Gasteiger charge is 2.21. The van der Waals surface area contributed by atoms with E-state index in [2.05, 4.69) is 22.3 Å². The molecule has 1 fully saturated rings. The van der Waals surface area contributed by atoms with Crippen molar-refractivity contribution in [3.8, 4) is 11.5 Å². The number of methoxy groups -OCH3 is 1. The Morgan fingerprint density at radius 1 is 1.03 bits per heavy atom. The van der Waals surface area contributed by atoms with Crippen molar-refractivity contribution < 1.29 is 14.3 Å². The van der Waals surface area contributed by atoms with E-state index in [1.165, 1.54) is 5.69 Å². The van der Waals surface area contributed by atoms with Crippen LogP contribution in [-0.4, -0.2) is 56.7 Å². The SMILES string of the molecule is COc1ccc(N2CCN(C(=O)CCNc3ccccc3OC(C)C)CC2)cc1. The van der Waals surface area contributed by atoms with E-state index in [4.69, 9.17) is 9.47 Å². The molecule has 0 bridgehead atoms. The molecule has 2 aromatic rings. The van der Waals surface area contributed by atoms with Gasteiger partial charge in [-0.25, -0.2) is 0 Å².